The highest BCUT2D eigenvalue weighted by molar-refractivity contribution is 4.74. The summed E-state index contributed by atoms with van der Waals surface area (Å²) in [6.07, 6.45) is 2.65. The van der Waals surface area contributed by atoms with Gasteiger partial charge in [-0.25, -0.2) is 0 Å². The molecule has 0 saturated heterocycles. The summed E-state index contributed by atoms with van der Waals surface area (Å²) in [6.45, 7) is 14.0. The maximum atomic E-state index is 2.38. The molecule has 0 bridgehead atoms. The van der Waals surface area contributed by atoms with E-state index in [0.29, 0.717) is 5.41 Å². The van der Waals surface area contributed by atoms with Crippen LogP contribution in [0, 0.1) is 17.3 Å². The van der Waals surface area contributed by atoms with Gasteiger partial charge in [0.25, 0.3) is 0 Å². The quantitative estimate of drug-likeness (QED) is 0.574. The third kappa shape index (κ3) is 3.79. The molecule has 0 heterocycles. The number of hydrogen-bond donors (Lipinski definition) is 0. The molecule has 0 aromatic heterocycles. The van der Waals surface area contributed by atoms with Crippen molar-refractivity contribution in [2.75, 3.05) is 0 Å². The van der Waals surface area contributed by atoms with Crippen molar-refractivity contribution in [2.24, 2.45) is 17.3 Å². The summed E-state index contributed by atoms with van der Waals surface area (Å²) in [5.74, 6) is 1.70. The van der Waals surface area contributed by atoms with Crippen LogP contribution in [0.4, 0.5) is 0 Å². The van der Waals surface area contributed by atoms with Crippen LogP contribution < -0.4 is 0 Å². The number of hydrogen-bond acceptors (Lipinski definition) is 0. The lowest BCUT2D eigenvalue weighted by Crippen LogP contribution is -2.21. The third-order valence-corrected chi connectivity index (χ3v) is 3.07. The molecule has 0 spiro atoms. The minimum atomic E-state index is 0.532. The molecule has 0 amide bonds. The van der Waals surface area contributed by atoms with Gasteiger partial charge < -0.3 is 0 Å². The normalized spacial score (nSPS) is 15.5. The average Bonchev–Trinajstić information content (AvgIpc) is 1.86. The maximum absolute atomic E-state index is 2.38. The Kier molecular flexibility index (Phi) is 4.13. The van der Waals surface area contributed by atoms with Crippen molar-refractivity contribution in [1.29, 1.82) is 0 Å². The molecular weight excluding hydrogens is 132 g/mol. The number of rotatable bonds is 4. The molecule has 0 aliphatic rings. The summed E-state index contributed by atoms with van der Waals surface area (Å²) < 4.78 is 0. The van der Waals surface area contributed by atoms with Crippen molar-refractivity contribution in [3.05, 3.63) is 0 Å². The highest BCUT2D eigenvalue weighted by Gasteiger charge is 2.23. The van der Waals surface area contributed by atoms with Gasteiger partial charge in [-0.1, -0.05) is 48.0 Å². The molecule has 0 aromatic carbocycles. The lowest BCUT2D eigenvalue weighted by Gasteiger charge is -2.31. The van der Waals surface area contributed by atoms with E-state index in [-0.39, 0.29) is 0 Å². The fraction of sp³-hybridized carbons (Fsp3) is 1.00. The van der Waals surface area contributed by atoms with Gasteiger partial charge in [-0.2, -0.15) is 0 Å². The molecule has 0 aromatic rings. The van der Waals surface area contributed by atoms with Crippen LogP contribution in [-0.4, -0.2) is 0 Å². The highest BCUT2D eigenvalue weighted by atomic mass is 14.3. The van der Waals surface area contributed by atoms with E-state index in [1.807, 2.05) is 0 Å². The summed E-state index contributed by atoms with van der Waals surface area (Å²) in [7, 11) is 0. The molecular formula is C11H24. The second kappa shape index (κ2) is 4.13. The van der Waals surface area contributed by atoms with Crippen molar-refractivity contribution >= 4 is 0 Å². The van der Waals surface area contributed by atoms with E-state index < -0.39 is 0 Å². The Morgan fingerprint density at radius 3 is 1.82 bits per heavy atom. The Hall–Kier alpha value is 0. The first-order valence-corrected chi connectivity index (χ1v) is 4.90. The van der Waals surface area contributed by atoms with Crippen molar-refractivity contribution in [1.82, 2.24) is 0 Å². The van der Waals surface area contributed by atoms with Gasteiger partial charge in [-0.05, 0) is 23.7 Å². The van der Waals surface area contributed by atoms with Crippen LogP contribution in [0.25, 0.3) is 0 Å². The SMILES string of the molecule is CCC(C)(C)C(C)CC(C)C. The summed E-state index contributed by atoms with van der Waals surface area (Å²) in [5, 5.41) is 0. The third-order valence-electron chi connectivity index (χ3n) is 3.07. The molecule has 68 valence electrons. The predicted molar refractivity (Wildman–Crippen MR) is 52.7 cm³/mol. The van der Waals surface area contributed by atoms with Crippen molar-refractivity contribution in [3.8, 4) is 0 Å². The Morgan fingerprint density at radius 2 is 1.55 bits per heavy atom. The van der Waals surface area contributed by atoms with Gasteiger partial charge in [0.2, 0.25) is 0 Å². The Bertz CT molecular complexity index is 101. The zero-order valence-corrected chi connectivity index (χ0v) is 9.07. The molecule has 0 aliphatic carbocycles. The van der Waals surface area contributed by atoms with Crippen molar-refractivity contribution in [2.45, 2.75) is 54.4 Å². The van der Waals surface area contributed by atoms with E-state index in [2.05, 4.69) is 41.5 Å². The first kappa shape index (κ1) is 11.0. The van der Waals surface area contributed by atoms with Crippen LogP contribution in [0.2, 0.25) is 0 Å². The molecule has 0 aliphatic heterocycles. The minimum absolute atomic E-state index is 0.532. The molecule has 1 unspecified atom stereocenters. The van der Waals surface area contributed by atoms with Crippen LogP contribution in [-0.2, 0) is 0 Å². The monoisotopic (exact) mass is 156 g/mol. The molecule has 0 nitrogen and oxygen atoms in total. The van der Waals surface area contributed by atoms with Gasteiger partial charge in [0.1, 0.15) is 0 Å². The lowest BCUT2D eigenvalue weighted by atomic mass is 9.74. The van der Waals surface area contributed by atoms with Crippen molar-refractivity contribution in [3.63, 3.8) is 0 Å². The zero-order chi connectivity index (χ0) is 9.07. The minimum Gasteiger partial charge on any atom is -0.0649 e. The lowest BCUT2D eigenvalue weighted by molar-refractivity contribution is 0.191. The van der Waals surface area contributed by atoms with E-state index >= 15 is 0 Å². The van der Waals surface area contributed by atoms with Gasteiger partial charge in [0.05, 0.1) is 0 Å². The molecule has 0 N–H and O–H groups in total. The average molecular weight is 156 g/mol. The smallest absolute Gasteiger partial charge is 0.0331 e. The van der Waals surface area contributed by atoms with E-state index in [9.17, 15) is 0 Å². The Morgan fingerprint density at radius 1 is 1.09 bits per heavy atom. The van der Waals surface area contributed by atoms with E-state index in [4.69, 9.17) is 0 Å². The Balaban J connectivity index is 3.90. The Labute approximate surface area is 72.4 Å². The predicted octanol–water partition coefficient (Wildman–Crippen LogP) is 4.10. The molecule has 0 radical (unpaired) electrons. The molecule has 11 heavy (non-hydrogen) atoms. The molecule has 0 rings (SSSR count). The van der Waals surface area contributed by atoms with Crippen LogP contribution >= 0.6 is 0 Å². The summed E-state index contributed by atoms with van der Waals surface area (Å²) >= 11 is 0. The zero-order valence-electron chi connectivity index (χ0n) is 9.07. The van der Waals surface area contributed by atoms with Crippen molar-refractivity contribution < 1.29 is 0 Å². The standard InChI is InChI=1S/C11H24/c1-7-11(5,6)10(4)8-9(2)3/h9-10H,7-8H2,1-6H3. The molecule has 0 heteroatoms. The van der Waals surface area contributed by atoms with E-state index in [1.54, 1.807) is 0 Å². The van der Waals surface area contributed by atoms with Crippen LogP contribution in [0.3, 0.4) is 0 Å². The van der Waals surface area contributed by atoms with Gasteiger partial charge in [-0.3, -0.25) is 0 Å². The topological polar surface area (TPSA) is 0 Å². The fourth-order valence-electron chi connectivity index (χ4n) is 1.37. The van der Waals surface area contributed by atoms with E-state index in [0.717, 1.165) is 11.8 Å². The van der Waals surface area contributed by atoms with Crippen LogP contribution in [0.5, 0.6) is 0 Å². The summed E-state index contributed by atoms with van der Waals surface area (Å²) in [4.78, 5) is 0. The second-order valence-electron chi connectivity index (χ2n) is 4.87. The summed E-state index contributed by atoms with van der Waals surface area (Å²) in [6, 6.07) is 0. The largest absolute Gasteiger partial charge is 0.0649 e. The summed E-state index contributed by atoms with van der Waals surface area (Å²) in [5.41, 5.74) is 0.532. The maximum Gasteiger partial charge on any atom is -0.0331 e. The van der Waals surface area contributed by atoms with Crippen LogP contribution in [0.1, 0.15) is 54.4 Å². The first-order chi connectivity index (χ1) is 4.90. The molecule has 1 atom stereocenters. The fourth-order valence-corrected chi connectivity index (χ4v) is 1.37. The molecule has 0 fully saturated rings. The molecule has 0 saturated carbocycles. The van der Waals surface area contributed by atoms with E-state index in [1.165, 1.54) is 12.8 Å². The first-order valence-electron chi connectivity index (χ1n) is 4.90. The highest BCUT2D eigenvalue weighted by Crippen LogP contribution is 2.34. The van der Waals surface area contributed by atoms with Gasteiger partial charge in [0, 0.05) is 0 Å². The van der Waals surface area contributed by atoms with Gasteiger partial charge in [0.15, 0.2) is 0 Å². The van der Waals surface area contributed by atoms with Gasteiger partial charge in [-0.15, -0.1) is 0 Å². The van der Waals surface area contributed by atoms with Gasteiger partial charge >= 0.3 is 0 Å². The van der Waals surface area contributed by atoms with Crippen LogP contribution in [0.15, 0.2) is 0 Å². The second-order valence-corrected chi connectivity index (χ2v) is 4.87.